The second-order valence-electron chi connectivity index (χ2n) is 3.09. The van der Waals surface area contributed by atoms with E-state index in [1.165, 1.54) is 6.07 Å². The summed E-state index contributed by atoms with van der Waals surface area (Å²) in [4.78, 5) is 0.761. The highest BCUT2D eigenvalue weighted by atomic mass is 32.2. The topological polar surface area (TPSA) is 12.0 Å². The van der Waals surface area contributed by atoms with E-state index in [-0.39, 0.29) is 5.82 Å². The van der Waals surface area contributed by atoms with Crippen LogP contribution in [-0.2, 0) is 0 Å². The summed E-state index contributed by atoms with van der Waals surface area (Å²) in [5.41, 5.74) is 0. The molecule has 1 rings (SSSR count). The van der Waals surface area contributed by atoms with Crippen LogP contribution in [0.2, 0.25) is 0 Å². The Hall–Kier alpha value is -0.540. The summed E-state index contributed by atoms with van der Waals surface area (Å²) in [5, 5.41) is 3.09. The normalized spacial score (nSPS) is 10.4. The molecule has 0 aliphatic heterocycles. The molecule has 0 aromatic heterocycles. The van der Waals surface area contributed by atoms with Crippen LogP contribution in [0.25, 0.3) is 0 Å². The molecule has 0 bridgehead atoms. The Morgan fingerprint density at radius 1 is 1.29 bits per heavy atom. The molecule has 78 valence electrons. The van der Waals surface area contributed by atoms with Crippen molar-refractivity contribution in [2.75, 3.05) is 19.3 Å². The lowest BCUT2D eigenvalue weighted by molar-refractivity contribution is 0.602. The van der Waals surface area contributed by atoms with Crippen molar-refractivity contribution >= 4 is 11.8 Å². The molecule has 0 unspecified atom stereocenters. The molecule has 1 aromatic rings. The molecule has 0 radical (unpaired) electrons. The van der Waals surface area contributed by atoms with Crippen molar-refractivity contribution < 1.29 is 4.39 Å². The molecule has 1 nitrogen and oxygen atoms in total. The Morgan fingerprint density at radius 3 is 2.79 bits per heavy atom. The van der Waals surface area contributed by atoms with Crippen molar-refractivity contribution in [3.05, 3.63) is 30.1 Å². The predicted molar refractivity (Wildman–Crippen MR) is 60.3 cm³/mol. The van der Waals surface area contributed by atoms with Crippen LogP contribution in [0.4, 0.5) is 4.39 Å². The lowest BCUT2D eigenvalue weighted by atomic mass is 10.3. The molecule has 1 aromatic carbocycles. The van der Waals surface area contributed by atoms with Crippen LogP contribution in [0.15, 0.2) is 29.2 Å². The molecule has 0 spiro atoms. The second-order valence-corrected chi connectivity index (χ2v) is 4.23. The lowest BCUT2D eigenvalue weighted by Crippen LogP contribution is -2.07. The van der Waals surface area contributed by atoms with Gasteiger partial charge in [-0.1, -0.05) is 12.1 Å². The first-order valence-corrected chi connectivity index (χ1v) is 5.85. The third kappa shape index (κ3) is 4.11. The number of halogens is 1. The first kappa shape index (κ1) is 11.5. The maximum Gasteiger partial charge on any atom is 0.136 e. The van der Waals surface area contributed by atoms with E-state index in [9.17, 15) is 4.39 Å². The quantitative estimate of drug-likeness (QED) is 0.576. The van der Waals surface area contributed by atoms with Crippen molar-refractivity contribution in [2.45, 2.75) is 17.7 Å². The Morgan fingerprint density at radius 2 is 2.07 bits per heavy atom. The van der Waals surface area contributed by atoms with Crippen molar-refractivity contribution in [1.29, 1.82) is 0 Å². The van der Waals surface area contributed by atoms with Gasteiger partial charge in [0.2, 0.25) is 0 Å². The van der Waals surface area contributed by atoms with Gasteiger partial charge in [0, 0.05) is 4.90 Å². The van der Waals surface area contributed by atoms with Crippen LogP contribution in [0.3, 0.4) is 0 Å². The van der Waals surface area contributed by atoms with E-state index in [4.69, 9.17) is 0 Å². The molecule has 0 atom stereocenters. The molecule has 0 saturated heterocycles. The van der Waals surface area contributed by atoms with E-state index in [2.05, 4.69) is 5.32 Å². The maximum absolute atomic E-state index is 13.1. The molecular formula is C11H16FNS. The van der Waals surface area contributed by atoms with Crippen LogP contribution in [0.1, 0.15) is 12.8 Å². The summed E-state index contributed by atoms with van der Waals surface area (Å²) >= 11 is 1.59. The highest BCUT2D eigenvalue weighted by Gasteiger charge is 1.99. The highest BCUT2D eigenvalue weighted by molar-refractivity contribution is 7.99. The Balaban J connectivity index is 2.21. The SMILES string of the molecule is CNCCCCSc1ccccc1F. The van der Waals surface area contributed by atoms with Gasteiger partial charge in [0.25, 0.3) is 0 Å². The van der Waals surface area contributed by atoms with E-state index in [0.29, 0.717) is 0 Å². The molecule has 0 fully saturated rings. The van der Waals surface area contributed by atoms with Crippen LogP contribution in [0.5, 0.6) is 0 Å². The molecule has 1 N–H and O–H groups in total. The van der Waals surface area contributed by atoms with Gasteiger partial charge in [0.1, 0.15) is 5.82 Å². The smallest absolute Gasteiger partial charge is 0.136 e. The Kier molecular flexibility index (Phi) is 5.64. The number of hydrogen-bond acceptors (Lipinski definition) is 2. The third-order valence-corrected chi connectivity index (χ3v) is 3.05. The average molecular weight is 213 g/mol. The minimum Gasteiger partial charge on any atom is -0.320 e. The first-order valence-electron chi connectivity index (χ1n) is 4.86. The number of rotatable bonds is 6. The van der Waals surface area contributed by atoms with Crippen molar-refractivity contribution in [3.8, 4) is 0 Å². The van der Waals surface area contributed by atoms with Crippen LogP contribution in [-0.4, -0.2) is 19.3 Å². The van der Waals surface area contributed by atoms with E-state index in [1.54, 1.807) is 17.8 Å². The summed E-state index contributed by atoms with van der Waals surface area (Å²) in [6, 6.07) is 6.94. The standard InChI is InChI=1S/C11H16FNS/c1-13-8-4-5-9-14-11-7-3-2-6-10(11)12/h2-3,6-7,13H,4-5,8-9H2,1H3. The van der Waals surface area contributed by atoms with Crippen molar-refractivity contribution in [3.63, 3.8) is 0 Å². The molecule has 0 amide bonds. The van der Waals surface area contributed by atoms with E-state index < -0.39 is 0 Å². The van der Waals surface area contributed by atoms with Gasteiger partial charge in [0.15, 0.2) is 0 Å². The number of nitrogens with one attached hydrogen (secondary N) is 1. The zero-order valence-corrected chi connectivity index (χ0v) is 9.24. The molecule has 0 heterocycles. The Bertz CT molecular complexity index is 265. The molecule has 3 heteroatoms. The summed E-state index contributed by atoms with van der Waals surface area (Å²) in [6.07, 6.45) is 2.28. The lowest BCUT2D eigenvalue weighted by Gasteiger charge is -2.02. The molecular weight excluding hydrogens is 197 g/mol. The van der Waals surface area contributed by atoms with Gasteiger partial charge in [-0.05, 0) is 44.3 Å². The summed E-state index contributed by atoms with van der Waals surface area (Å²) in [6.45, 7) is 1.04. The molecule has 0 saturated carbocycles. The number of hydrogen-bond donors (Lipinski definition) is 1. The van der Waals surface area contributed by atoms with E-state index >= 15 is 0 Å². The highest BCUT2D eigenvalue weighted by Crippen LogP contribution is 2.21. The van der Waals surface area contributed by atoms with E-state index in [0.717, 1.165) is 30.0 Å². The van der Waals surface area contributed by atoms with Crippen molar-refractivity contribution in [2.24, 2.45) is 0 Å². The minimum absolute atomic E-state index is 0.105. The van der Waals surface area contributed by atoms with Crippen LogP contribution >= 0.6 is 11.8 Å². The summed E-state index contributed by atoms with van der Waals surface area (Å²) in [7, 11) is 1.95. The van der Waals surface area contributed by atoms with Gasteiger partial charge in [-0.15, -0.1) is 11.8 Å². The van der Waals surface area contributed by atoms with Gasteiger partial charge < -0.3 is 5.32 Å². The zero-order valence-electron chi connectivity index (χ0n) is 8.42. The second kappa shape index (κ2) is 6.85. The minimum atomic E-state index is -0.105. The number of unbranched alkanes of at least 4 members (excludes halogenated alkanes) is 1. The third-order valence-electron chi connectivity index (χ3n) is 1.92. The average Bonchev–Trinajstić information content (AvgIpc) is 2.20. The van der Waals surface area contributed by atoms with Crippen LogP contribution < -0.4 is 5.32 Å². The summed E-state index contributed by atoms with van der Waals surface area (Å²) in [5.74, 6) is 0.883. The predicted octanol–water partition coefficient (Wildman–Crippen LogP) is 2.92. The molecule has 0 aliphatic carbocycles. The fraction of sp³-hybridized carbons (Fsp3) is 0.455. The number of benzene rings is 1. The molecule has 14 heavy (non-hydrogen) atoms. The van der Waals surface area contributed by atoms with Gasteiger partial charge >= 0.3 is 0 Å². The fourth-order valence-electron chi connectivity index (χ4n) is 1.15. The largest absolute Gasteiger partial charge is 0.320 e. The first-order chi connectivity index (χ1) is 6.84. The fourth-order valence-corrected chi connectivity index (χ4v) is 2.10. The summed E-state index contributed by atoms with van der Waals surface area (Å²) < 4.78 is 13.1. The van der Waals surface area contributed by atoms with Gasteiger partial charge in [-0.25, -0.2) is 4.39 Å². The van der Waals surface area contributed by atoms with Gasteiger partial charge in [0.05, 0.1) is 0 Å². The molecule has 0 aliphatic rings. The van der Waals surface area contributed by atoms with Gasteiger partial charge in [-0.3, -0.25) is 0 Å². The van der Waals surface area contributed by atoms with Gasteiger partial charge in [-0.2, -0.15) is 0 Å². The maximum atomic E-state index is 13.1. The van der Waals surface area contributed by atoms with E-state index in [1.807, 2.05) is 19.2 Å². The van der Waals surface area contributed by atoms with Crippen LogP contribution in [0, 0.1) is 5.82 Å². The Labute approximate surface area is 89.1 Å². The monoisotopic (exact) mass is 213 g/mol. The van der Waals surface area contributed by atoms with Crippen molar-refractivity contribution in [1.82, 2.24) is 5.32 Å². The zero-order chi connectivity index (χ0) is 10.2. The number of thioether (sulfide) groups is 1.